The molecular weight excluding hydrogens is 186 g/mol. The molecule has 0 aromatic rings. The highest BCUT2D eigenvalue weighted by Crippen LogP contribution is 2.36. The standard InChI is InChI=1S/C13H27NO/c1-4-5-6-9-15-12-10-13(2,3)8-7-11(12)14/h11-12H,4-10,14H2,1-3H3. The largest absolute Gasteiger partial charge is 0.377 e. The summed E-state index contributed by atoms with van der Waals surface area (Å²) in [4.78, 5) is 0. The third kappa shape index (κ3) is 4.52. The van der Waals surface area contributed by atoms with Crippen LogP contribution in [0.5, 0.6) is 0 Å². The molecule has 1 saturated carbocycles. The average molecular weight is 213 g/mol. The topological polar surface area (TPSA) is 35.2 Å². The summed E-state index contributed by atoms with van der Waals surface area (Å²) in [5, 5.41) is 0. The zero-order chi connectivity index (χ0) is 11.3. The summed E-state index contributed by atoms with van der Waals surface area (Å²) >= 11 is 0. The van der Waals surface area contributed by atoms with Crippen molar-refractivity contribution < 1.29 is 4.74 Å². The SMILES string of the molecule is CCCCCOC1CC(C)(C)CCC1N. The fourth-order valence-electron chi connectivity index (χ4n) is 2.31. The van der Waals surface area contributed by atoms with Gasteiger partial charge in [-0.1, -0.05) is 33.6 Å². The number of hydrogen-bond acceptors (Lipinski definition) is 2. The molecule has 2 heteroatoms. The quantitative estimate of drug-likeness (QED) is 0.712. The summed E-state index contributed by atoms with van der Waals surface area (Å²) in [7, 11) is 0. The Hall–Kier alpha value is -0.0800. The maximum atomic E-state index is 6.09. The summed E-state index contributed by atoms with van der Waals surface area (Å²) in [5.41, 5.74) is 6.51. The summed E-state index contributed by atoms with van der Waals surface area (Å²) in [6.45, 7) is 7.75. The van der Waals surface area contributed by atoms with Crippen LogP contribution in [0.1, 0.15) is 59.3 Å². The van der Waals surface area contributed by atoms with Gasteiger partial charge in [-0.3, -0.25) is 0 Å². The molecule has 90 valence electrons. The van der Waals surface area contributed by atoms with Crippen molar-refractivity contribution in [2.24, 2.45) is 11.1 Å². The number of hydrogen-bond donors (Lipinski definition) is 1. The van der Waals surface area contributed by atoms with E-state index in [4.69, 9.17) is 10.5 Å². The molecular formula is C13H27NO. The Labute approximate surface area is 94.6 Å². The monoisotopic (exact) mass is 213 g/mol. The maximum Gasteiger partial charge on any atom is 0.0731 e. The molecule has 0 amide bonds. The van der Waals surface area contributed by atoms with Crippen LogP contribution in [0.3, 0.4) is 0 Å². The molecule has 0 spiro atoms. The van der Waals surface area contributed by atoms with Crippen molar-refractivity contribution in [1.82, 2.24) is 0 Å². The minimum Gasteiger partial charge on any atom is -0.377 e. The van der Waals surface area contributed by atoms with Crippen LogP contribution in [0.15, 0.2) is 0 Å². The van der Waals surface area contributed by atoms with Crippen LogP contribution in [0.2, 0.25) is 0 Å². The van der Waals surface area contributed by atoms with Crippen molar-refractivity contribution >= 4 is 0 Å². The Bertz CT molecular complexity index is 179. The van der Waals surface area contributed by atoms with Gasteiger partial charge < -0.3 is 10.5 Å². The van der Waals surface area contributed by atoms with E-state index in [2.05, 4.69) is 20.8 Å². The van der Waals surface area contributed by atoms with Gasteiger partial charge in [-0.25, -0.2) is 0 Å². The van der Waals surface area contributed by atoms with Crippen LogP contribution >= 0.6 is 0 Å². The number of rotatable bonds is 5. The lowest BCUT2D eigenvalue weighted by Gasteiger charge is -2.39. The van der Waals surface area contributed by atoms with Crippen molar-refractivity contribution in [3.63, 3.8) is 0 Å². The predicted molar refractivity (Wildman–Crippen MR) is 64.9 cm³/mol. The minimum atomic E-state index is 0.264. The summed E-state index contributed by atoms with van der Waals surface area (Å²) < 4.78 is 5.91. The van der Waals surface area contributed by atoms with Crippen molar-refractivity contribution in [1.29, 1.82) is 0 Å². The normalized spacial score (nSPS) is 30.4. The highest BCUT2D eigenvalue weighted by atomic mass is 16.5. The number of ether oxygens (including phenoxy) is 1. The molecule has 0 saturated heterocycles. The molecule has 1 aliphatic carbocycles. The Morgan fingerprint density at radius 1 is 1.33 bits per heavy atom. The van der Waals surface area contributed by atoms with Crippen LogP contribution in [0, 0.1) is 5.41 Å². The van der Waals surface area contributed by atoms with E-state index in [0.717, 1.165) is 19.4 Å². The molecule has 0 bridgehead atoms. The van der Waals surface area contributed by atoms with E-state index in [9.17, 15) is 0 Å². The Balaban J connectivity index is 2.25. The van der Waals surface area contributed by atoms with Gasteiger partial charge in [0.15, 0.2) is 0 Å². The van der Waals surface area contributed by atoms with Gasteiger partial charge in [0.2, 0.25) is 0 Å². The van der Waals surface area contributed by atoms with E-state index in [0.29, 0.717) is 11.5 Å². The molecule has 2 N–H and O–H groups in total. The summed E-state index contributed by atoms with van der Waals surface area (Å²) in [5.74, 6) is 0. The lowest BCUT2D eigenvalue weighted by Crippen LogP contribution is -2.44. The third-order valence-corrected chi connectivity index (χ3v) is 3.47. The van der Waals surface area contributed by atoms with E-state index >= 15 is 0 Å². The zero-order valence-electron chi connectivity index (χ0n) is 10.6. The van der Waals surface area contributed by atoms with E-state index in [1.165, 1.54) is 25.7 Å². The van der Waals surface area contributed by atoms with Crippen LogP contribution < -0.4 is 5.73 Å². The van der Waals surface area contributed by atoms with Gasteiger partial charge in [-0.2, -0.15) is 0 Å². The average Bonchev–Trinajstić information content (AvgIpc) is 2.18. The maximum absolute atomic E-state index is 6.09. The molecule has 15 heavy (non-hydrogen) atoms. The van der Waals surface area contributed by atoms with Crippen LogP contribution in [0.25, 0.3) is 0 Å². The second-order valence-corrected chi connectivity index (χ2v) is 5.69. The third-order valence-electron chi connectivity index (χ3n) is 3.47. The van der Waals surface area contributed by atoms with Crippen molar-refractivity contribution in [3.8, 4) is 0 Å². The molecule has 2 atom stereocenters. The summed E-state index contributed by atoms with van der Waals surface area (Å²) in [6.07, 6.45) is 7.48. The fourth-order valence-corrected chi connectivity index (χ4v) is 2.31. The smallest absolute Gasteiger partial charge is 0.0731 e. The zero-order valence-corrected chi connectivity index (χ0v) is 10.6. The van der Waals surface area contributed by atoms with E-state index in [1.54, 1.807) is 0 Å². The van der Waals surface area contributed by atoms with E-state index < -0.39 is 0 Å². The highest BCUT2D eigenvalue weighted by Gasteiger charge is 2.33. The van der Waals surface area contributed by atoms with Crippen LogP contribution in [-0.4, -0.2) is 18.8 Å². The molecule has 1 aliphatic rings. The van der Waals surface area contributed by atoms with Crippen LogP contribution in [0.4, 0.5) is 0 Å². The first-order chi connectivity index (χ1) is 7.05. The molecule has 1 fully saturated rings. The molecule has 0 radical (unpaired) electrons. The number of nitrogens with two attached hydrogens (primary N) is 1. The molecule has 2 nitrogen and oxygen atoms in total. The predicted octanol–water partition coefficient (Wildman–Crippen LogP) is 3.10. The second kappa shape index (κ2) is 5.86. The molecule has 0 aliphatic heterocycles. The van der Waals surface area contributed by atoms with E-state index in [-0.39, 0.29) is 6.04 Å². The first kappa shape index (κ1) is 13.0. The molecule has 0 aromatic carbocycles. The number of unbranched alkanes of at least 4 members (excludes halogenated alkanes) is 2. The van der Waals surface area contributed by atoms with Gasteiger partial charge in [-0.05, 0) is 31.1 Å². The fraction of sp³-hybridized carbons (Fsp3) is 1.00. The van der Waals surface area contributed by atoms with Gasteiger partial charge in [0.1, 0.15) is 0 Å². The summed E-state index contributed by atoms with van der Waals surface area (Å²) in [6, 6.07) is 0.264. The molecule has 0 aromatic heterocycles. The first-order valence-electron chi connectivity index (χ1n) is 6.42. The van der Waals surface area contributed by atoms with Gasteiger partial charge >= 0.3 is 0 Å². The molecule has 2 unspecified atom stereocenters. The Morgan fingerprint density at radius 3 is 2.73 bits per heavy atom. The van der Waals surface area contributed by atoms with Crippen LogP contribution in [-0.2, 0) is 4.74 Å². The molecule has 1 rings (SSSR count). The van der Waals surface area contributed by atoms with Gasteiger partial charge in [-0.15, -0.1) is 0 Å². The van der Waals surface area contributed by atoms with Gasteiger partial charge in [0.05, 0.1) is 6.10 Å². The lowest BCUT2D eigenvalue weighted by molar-refractivity contribution is -0.0201. The Morgan fingerprint density at radius 2 is 2.07 bits per heavy atom. The van der Waals surface area contributed by atoms with Crippen molar-refractivity contribution in [2.75, 3.05) is 6.61 Å². The van der Waals surface area contributed by atoms with Crippen molar-refractivity contribution in [3.05, 3.63) is 0 Å². The highest BCUT2D eigenvalue weighted by molar-refractivity contribution is 4.87. The van der Waals surface area contributed by atoms with E-state index in [1.807, 2.05) is 0 Å². The minimum absolute atomic E-state index is 0.264. The Kier molecular flexibility index (Phi) is 5.07. The van der Waals surface area contributed by atoms with Gasteiger partial charge in [0.25, 0.3) is 0 Å². The second-order valence-electron chi connectivity index (χ2n) is 5.69. The van der Waals surface area contributed by atoms with Gasteiger partial charge in [0, 0.05) is 12.6 Å². The molecule has 0 heterocycles. The lowest BCUT2D eigenvalue weighted by atomic mass is 9.74. The van der Waals surface area contributed by atoms with Crippen molar-refractivity contribution in [2.45, 2.75) is 71.4 Å². The first-order valence-corrected chi connectivity index (χ1v) is 6.42.